The van der Waals surface area contributed by atoms with Gasteiger partial charge in [-0.1, -0.05) is 19.1 Å². The molecule has 13 heavy (non-hydrogen) atoms. The normalized spacial score (nSPS) is 10.9. The Labute approximate surface area is 89.7 Å². The van der Waals surface area contributed by atoms with Crippen LogP contribution >= 0.6 is 27.3 Å². The highest BCUT2D eigenvalue weighted by molar-refractivity contribution is 9.10. The molecule has 2 rings (SSSR count). The Hall–Kier alpha value is -0.540. The van der Waals surface area contributed by atoms with Crippen LogP contribution in [0.2, 0.25) is 0 Å². The van der Waals surface area contributed by atoms with Gasteiger partial charge in [0.1, 0.15) is 0 Å². The van der Waals surface area contributed by atoms with Crippen molar-refractivity contribution >= 4 is 43.0 Å². The molecule has 1 aromatic heterocycles. The lowest BCUT2D eigenvalue weighted by atomic mass is 10.2. The molecule has 0 unspecified atom stereocenters. The first-order chi connectivity index (χ1) is 6.24. The minimum atomic E-state index is 0.948. The second-order valence-electron chi connectivity index (χ2n) is 2.91. The topological polar surface area (TPSA) is 26.0 Å². The fourth-order valence-electron chi connectivity index (χ4n) is 1.42. The van der Waals surface area contributed by atoms with Gasteiger partial charge < -0.3 is 5.73 Å². The number of aryl methyl sites for hydroxylation is 1. The highest BCUT2D eigenvalue weighted by Crippen LogP contribution is 2.37. The highest BCUT2D eigenvalue weighted by Gasteiger charge is 2.08. The van der Waals surface area contributed by atoms with Crippen molar-refractivity contribution in [1.82, 2.24) is 0 Å². The molecule has 1 aromatic carbocycles. The maximum absolute atomic E-state index is 6.01. The van der Waals surface area contributed by atoms with E-state index >= 15 is 0 Å². The van der Waals surface area contributed by atoms with Crippen LogP contribution < -0.4 is 5.73 Å². The quantitative estimate of drug-likeness (QED) is 0.824. The first-order valence-corrected chi connectivity index (χ1v) is 5.80. The zero-order valence-electron chi connectivity index (χ0n) is 7.30. The molecule has 2 N–H and O–H groups in total. The van der Waals surface area contributed by atoms with Gasteiger partial charge in [-0.2, -0.15) is 0 Å². The Morgan fingerprint density at radius 1 is 1.46 bits per heavy atom. The third-order valence-corrected chi connectivity index (χ3v) is 4.43. The lowest BCUT2D eigenvalue weighted by molar-refractivity contribution is 1.19. The Morgan fingerprint density at radius 2 is 2.23 bits per heavy atom. The third kappa shape index (κ3) is 1.36. The first-order valence-electron chi connectivity index (χ1n) is 4.19. The zero-order valence-corrected chi connectivity index (χ0v) is 9.71. The van der Waals surface area contributed by atoms with Crippen LogP contribution in [0.25, 0.3) is 10.1 Å². The summed E-state index contributed by atoms with van der Waals surface area (Å²) in [6.45, 7) is 2.13. The van der Waals surface area contributed by atoms with Crippen molar-refractivity contribution in [3.8, 4) is 0 Å². The monoisotopic (exact) mass is 255 g/mol. The molecule has 0 saturated heterocycles. The molecule has 0 aliphatic carbocycles. The van der Waals surface area contributed by atoms with E-state index in [0.29, 0.717) is 0 Å². The van der Waals surface area contributed by atoms with Crippen LogP contribution in [0.3, 0.4) is 0 Å². The Kier molecular flexibility index (Phi) is 2.30. The summed E-state index contributed by atoms with van der Waals surface area (Å²) in [5.74, 6) is 0. The standard InChI is InChI=1S/C10H10BrNS/c1-2-8-9(12)6-4-3-5-7(11)10(6)13-8/h3-5H,2,12H2,1H3. The van der Waals surface area contributed by atoms with Gasteiger partial charge in [-0.25, -0.2) is 0 Å². The van der Waals surface area contributed by atoms with Crippen LogP contribution in [0.4, 0.5) is 5.69 Å². The molecule has 0 atom stereocenters. The number of nitrogen functional groups attached to an aromatic ring is 1. The summed E-state index contributed by atoms with van der Waals surface area (Å²) in [5.41, 5.74) is 6.96. The molecule has 0 bridgehead atoms. The fraction of sp³-hybridized carbons (Fsp3) is 0.200. The lowest BCUT2D eigenvalue weighted by Crippen LogP contribution is -1.86. The molecule has 68 valence electrons. The molecule has 0 saturated carbocycles. The van der Waals surface area contributed by atoms with Gasteiger partial charge in [-0.15, -0.1) is 11.3 Å². The molecular formula is C10H10BrNS. The first kappa shape index (κ1) is 9.03. The predicted octanol–water partition coefficient (Wildman–Crippen LogP) is 3.81. The molecular weight excluding hydrogens is 246 g/mol. The third-order valence-electron chi connectivity index (χ3n) is 2.10. The van der Waals surface area contributed by atoms with Crippen LogP contribution in [-0.2, 0) is 6.42 Å². The van der Waals surface area contributed by atoms with Crippen LogP contribution in [-0.4, -0.2) is 0 Å². The summed E-state index contributed by atoms with van der Waals surface area (Å²) in [6.07, 6.45) is 1.01. The van der Waals surface area contributed by atoms with Crippen LogP contribution in [0.5, 0.6) is 0 Å². The summed E-state index contributed by atoms with van der Waals surface area (Å²) < 4.78 is 2.40. The van der Waals surface area contributed by atoms with E-state index in [2.05, 4.69) is 35.0 Å². The SMILES string of the molecule is CCc1sc2c(Br)cccc2c1N. The maximum Gasteiger partial charge on any atom is 0.0535 e. The lowest BCUT2D eigenvalue weighted by Gasteiger charge is -1.93. The zero-order chi connectivity index (χ0) is 9.42. The van der Waals surface area contributed by atoms with E-state index in [-0.39, 0.29) is 0 Å². The van der Waals surface area contributed by atoms with Gasteiger partial charge in [0.05, 0.1) is 10.4 Å². The van der Waals surface area contributed by atoms with Gasteiger partial charge in [-0.05, 0) is 28.4 Å². The maximum atomic E-state index is 6.01. The van der Waals surface area contributed by atoms with Crippen molar-refractivity contribution in [3.63, 3.8) is 0 Å². The van der Waals surface area contributed by atoms with Gasteiger partial charge in [0.15, 0.2) is 0 Å². The highest BCUT2D eigenvalue weighted by atomic mass is 79.9. The number of anilines is 1. The Balaban J connectivity index is 2.83. The number of benzene rings is 1. The van der Waals surface area contributed by atoms with E-state index in [1.165, 1.54) is 15.0 Å². The van der Waals surface area contributed by atoms with Crippen molar-refractivity contribution in [2.75, 3.05) is 5.73 Å². The summed E-state index contributed by atoms with van der Waals surface area (Å²) in [5, 5.41) is 1.18. The number of nitrogens with two attached hydrogens (primary N) is 1. The van der Waals surface area contributed by atoms with E-state index in [1.807, 2.05) is 6.07 Å². The van der Waals surface area contributed by atoms with Crippen molar-refractivity contribution in [2.24, 2.45) is 0 Å². The number of hydrogen-bond acceptors (Lipinski definition) is 2. The van der Waals surface area contributed by atoms with Crippen molar-refractivity contribution in [1.29, 1.82) is 0 Å². The molecule has 0 spiro atoms. The van der Waals surface area contributed by atoms with Crippen LogP contribution in [0.1, 0.15) is 11.8 Å². The largest absolute Gasteiger partial charge is 0.397 e. The smallest absolute Gasteiger partial charge is 0.0535 e. The average molecular weight is 256 g/mol. The molecule has 0 radical (unpaired) electrons. The van der Waals surface area contributed by atoms with E-state index in [1.54, 1.807) is 11.3 Å². The summed E-state index contributed by atoms with van der Waals surface area (Å²) in [7, 11) is 0. The second kappa shape index (κ2) is 3.31. The second-order valence-corrected chi connectivity index (χ2v) is 4.87. The minimum Gasteiger partial charge on any atom is -0.397 e. The van der Waals surface area contributed by atoms with Crippen molar-refractivity contribution in [2.45, 2.75) is 13.3 Å². The molecule has 2 aromatic rings. The molecule has 0 fully saturated rings. The molecule has 0 aliphatic heterocycles. The number of rotatable bonds is 1. The van der Waals surface area contributed by atoms with Gasteiger partial charge in [0.25, 0.3) is 0 Å². The Bertz CT molecular complexity index is 447. The van der Waals surface area contributed by atoms with Crippen LogP contribution in [0, 0.1) is 0 Å². The van der Waals surface area contributed by atoms with Crippen molar-refractivity contribution in [3.05, 3.63) is 27.5 Å². The van der Waals surface area contributed by atoms with Gasteiger partial charge >= 0.3 is 0 Å². The van der Waals surface area contributed by atoms with Crippen molar-refractivity contribution < 1.29 is 0 Å². The predicted molar refractivity (Wildman–Crippen MR) is 63.3 cm³/mol. The number of halogens is 1. The van der Waals surface area contributed by atoms with Gasteiger partial charge in [0, 0.05) is 14.7 Å². The Morgan fingerprint density at radius 3 is 2.85 bits per heavy atom. The summed E-state index contributed by atoms with van der Waals surface area (Å²) in [6, 6.07) is 6.15. The molecule has 1 nitrogen and oxygen atoms in total. The molecule has 3 heteroatoms. The fourth-order valence-corrected chi connectivity index (χ4v) is 3.09. The number of fused-ring (bicyclic) bond motifs is 1. The van der Waals surface area contributed by atoms with E-state index < -0.39 is 0 Å². The number of hydrogen-bond donors (Lipinski definition) is 1. The molecule has 0 aliphatic rings. The summed E-state index contributed by atoms with van der Waals surface area (Å²) in [4.78, 5) is 1.28. The van der Waals surface area contributed by atoms with E-state index in [4.69, 9.17) is 5.73 Å². The van der Waals surface area contributed by atoms with Gasteiger partial charge in [-0.3, -0.25) is 0 Å². The summed E-state index contributed by atoms with van der Waals surface area (Å²) >= 11 is 5.31. The molecule has 1 heterocycles. The van der Waals surface area contributed by atoms with E-state index in [0.717, 1.165) is 16.6 Å². The average Bonchev–Trinajstić information content (AvgIpc) is 2.45. The molecule has 0 amide bonds. The minimum absolute atomic E-state index is 0.948. The number of thiophene rings is 1. The van der Waals surface area contributed by atoms with Gasteiger partial charge in [0.2, 0.25) is 0 Å². The van der Waals surface area contributed by atoms with E-state index in [9.17, 15) is 0 Å². The van der Waals surface area contributed by atoms with Crippen LogP contribution in [0.15, 0.2) is 22.7 Å².